The Bertz CT molecular complexity index is 929. The van der Waals surface area contributed by atoms with E-state index in [9.17, 15) is 9.59 Å². The second-order valence-corrected chi connectivity index (χ2v) is 7.70. The zero-order valence-electron chi connectivity index (χ0n) is 15.7. The zero-order valence-corrected chi connectivity index (χ0v) is 17.3. The topological polar surface area (TPSA) is 61.9 Å². The summed E-state index contributed by atoms with van der Waals surface area (Å²) in [7, 11) is 5.46. The molecule has 0 saturated carbocycles. The summed E-state index contributed by atoms with van der Waals surface area (Å²) in [6.07, 6.45) is 1.73. The molecule has 3 rings (SSSR count). The summed E-state index contributed by atoms with van der Waals surface area (Å²) in [4.78, 5) is 28.5. The molecule has 2 aromatic rings. The molecule has 6 nitrogen and oxygen atoms in total. The number of imide groups is 1. The van der Waals surface area contributed by atoms with E-state index in [4.69, 9.17) is 16.3 Å². The van der Waals surface area contributed by atoms with Crippen LogP contribution in [0.25, 0.3) is 6.08 Å². The van der Waals surface area contributed by atoms with Crippen LogP contribution in [0.3, 0.4) is 0 Å². The Morgan fingerprint density at radius 3 is 2.54 bits per heavy atom. The van der Waals surface area contributed by atoms with Crippen molar-refractivity contribution in [1.82, 2.24) is 4.90 Å². The van der Waals surface area contributed by atoms with Gasteiger partial charge in [0.15, 0.2) is 0 Å². The second-order valence-electron chi connectivity index (χ2n) is 6.28. The largest absolute Gasteiger partial charge is 0.495 e. The molecule has 1 heterocycles. The fraction of sp³-hybridized carbons (Fsp3) is 0.200. The van der Waals surface area contributed by atoms with Crippen LogP contribution in [0.15, 0.2) is 47.4 Å². The molecule has 0 aliphatic carbocycles. The molecule has 28 heavy (non-hydrogen) atoms. The number of anilines is 2. The van der Waals surface area contributed by atoms with E-state index < -0.39 is 0 Å². The van der Waals surface area contributed by atoms with Crippen molar-refractivity contribution >= 4 is 52.0 Å². The highest BCUT2D eigenvalue weighted by Crippen LogP contribution is 2.33. The van der Waals surface area contributed by atoms with Crippen LogP contribution in [0, 0.1) is 0 Å². The Morgan fingerprint density at radius 1 is 1.18 bits per heavy atom. The standard InChI is InChI=1S/C20H20ClN3O3S/c1-23(2)15-7-4-13(5-8-15)10-18-19(25)24(20(26)28-18)12-22-16-11-14(21)6-9-17(16)27-3/h4-11,22H,12H2,1-3H3/b18-10+. The van der Waals surface area contributed by atoms with Gasteiger partial charge in [-0.25, -0.2) is 0 Å². The summed E-state index contributed by atoms with van der Waals surface area (Å²) in [5, 5.41) is 3.24. The zero-order chi connectivity index (χ0) is 20.3. The molecule has 1 saturated heterocycles. The van der Waals surface area contributed by atoms with Gasteiger partial charge in [-0.2, -0.15) is 0 Å². The monoisotopic (exact) mass is 417 g/mol. The molecular weight excluding hydrogens is 398 g/mol. The highest BCUT2D eigenvalue weighted by Gasteiger charge is 2.34. The SMILES string of the molecule is COc1ccc(Cl)cc1NCN1C(=O)S/C(=C/c2ccc(N(C)C)cc2)C1=O. The predicted molar refractivity (Wildman–Crippen MR) is 115 cm³/mol. The van der Waals surface area contributed by atoms with Crippen molar-refractivity contribution in [3.05, 3.63) is 58.0 Å². The maximum atomic E-state index is 12.6. The first-order valence-electron chi connectivity index (χ1n) is 8.49. The maximum Gasteiger partial charge on any atom is 0.295 e. The number of carbonyl (C=O) groups is 2. The number of ether oxygens (including phenoxy) is 1. The molecule has 2 amide bonds. The number of nitrogens with one attached hydrogen (secondary N) is 1. The van der Waals surface area contributed by atoms with E-state index in [2.05, 4.69) is 5.32 Å². The quantitative estimate of drug-likeness (QED) is 0.697. The fourth-order valence-corrected chi connectivity index (χ4v) is 3.65. The molecule has 0 spiro atoms. The minimum Gasteiger partial charge on any atom is -0.495 e. The van der Waals surface area contributed by atoms with E-state index in [0.717, 1.165) is 27.9 Å². The summed E-state index contributed by atoms with van der Waals surface area (Å²) >= 11 is 6.94. The van der Waals surface area contributed by atoms with Crippen LogP contribution in [0.4, 0.5) is 16.2 Å². The van der Waals surface area contributed by atoms with Gasteiger partial charge in [-0.15, -0.1) is 0 Å². The predicted octanol–water partition coefficient (Wildman–Crippen LogP) is 4.52. The number of nitrogens with zero attached hydrogens (tertiary/aromatic N) is 2. The van der Waals surface area contributed by atoms with E-state index in [1.165, 1.54) is 0 Å². The molecule has 1 fully saturated rings. The van der Waals surface area contributed by atoms with Gasteiger partial charge in [-0.3, -0.25) is 14.5 Å². The van der Waals surface area contributed by atoms with Gasteiger partial charge in [-0.05, 0) is 53.7 Å². The smallest absolute Gasteiger partial charge is 0.295 e. The lowest BCUT2D eigenvalue weighted by atomic mass is 10.2. The second kappa shape index (κ2) is 8.58. The lowest BCUT2D eigenvalue weighted by molar-refractivity contribution is -0.122. The molecule has 0 aromatic heterocycles. The van der Waals surface area contributed by atoms with E-state index in [1.54, 1.807) is 31.4 Å². The average molecular weight is 418 g/mol. The molecule has 1 N–H and O–H groups in total. The van der Waals surface area contributed by atoms with Crippen molar-refractivity contribution in [3.8, 4) is 5.75 Å². The van der Waals surface area contributed by atoms with Crippen molar-refractivity contribution < 1.29 is 14.3 Å². The summed E-state index contributed by atoms with van der Waals surface area (Å²) in [5.41, 5.74) is 2.53. The Hall–Kier alpha value is -2.64. The summed E-state index contributed by atoms with van der Waals surface area (Å²) in [5.74, 6) is 0.244. The van der Waals surface area contributed by atoms with Crippen molar-refractivity contribution in [2.75, 3.05) is 38.1 Å². The number of carbonyl (C=O) groups excluding carboxylic acids is 2. The molecular formula is C20H20ClN3O3S. The van der Waals surface area contributed by atoms with Crippen molar-refractivity contribution in [2.45, 2.75) is 0 Å². The number of thioether (sulfide) groups is 1. The molecule has 0 unspecified atom stereocenters. The van der Waals surface area contributed by atoms with E-state index >= 15 is 0 Å². The fourth-order valence-electron chi connectivity index (χ4n) is 2.64. The highest BCUT2D eigenvalue weighted by molar-refractivity contribution is 8.18. The van der Waals surface area contributed by atoms with Crippen LogP contribution in [0.1, 0.15) is 5.56 Å². The first-order valence-corrected chi connectivity index (χ1v) is 9.68. The van der Waals surface area contributed by atoms with Crippen LogP contribution < -0.4 is 15.0 Å². The van der Waals surface area contributed by atoms with Gasteiger partial charge >= 0.3 is 0 Å². The first-order chi connectivity index (χ1) is 13.4. The minimum absolute atomic E-state index is 0.0261. The van der Waals surface area contributed by atoms with E-state index in [-0.39, 0.29) is 17.8 Å². The molecule has 0 radical (unpaired) electrons. The van der Waals surface area contributed by atoms with Crippen LogP contribution in [0.5, 0.6) is 5.75 Å². The lowest BCUT2D eigenvalue weighted by Gasteiger charge is -2.16. The summed E-state index contributed by atoms with van der Waals surface area (Å²) in [6, 6.07) is 12.9. The molecule has 0 bridgehead atoms. The molecule has 8 heteroatoms. The molecule has 1 aliphatic rings. The van der Waals surface area contributed by atoms with E-state index in [0.29, 0.717) is 21.4 Å². The number of rotatable bonds is 6. The lowest BCUT2D eigenvalue weighted by Crippen LogP contribution is -2.33. The minimum atomic E-state index is -0.333. The Kier molecular flexibility index (Phi) is 6.16. The normalized spacial score (nSPS) is 15.3. The van der Waals surface area contributed by atoms with E-state index in [1.807, 2.05) is 43.3 Å². The first kappa shape index (κ1) is 20.1. The van der Waals surface area contributed by atoms with Crippen LogP contribution in [-0.4, -0.2) is 43.9 Å². The molecule has 1 aliphatic heterocycles. The Labute approximate surface area is 173 Å². The van der Waals surface area contributed by atoms with Gasteiger partial charge in [-0.1, -0.05) is 23.7 Å². The number of methoxy groups -OCH3 is 1. The van der Waals surface area contributed by atoms with Crippen LogP contribution in [-0.2, 0) is 4.79 Å². The Morgan fingerprint density at radius 2 is 1.89 bits per heavy atom. The third-order valence-corrected chi connectivity index (χ3v) is 5.31. The van der Waals surface area contributed by atoms with Crippen molar-refractivity contribution in [1.29, 1.82) is 0 Å². The average Bonchev–Trinajstić information content (AvgIpc) is 2.93. The number of amides is 2. The van der Waals surface area contributed by atoms with Crippen molar-refractivity contribution in [2.24, 2.45) is 0 Å². The maximum absolute atomic E-state index is 12.6. The van der Waals surface area contributed by atoms with Gasteiger partial charge < -0.3 is 15.0 Å². The molecule has 146 valence electrons. The van der Waals surface area contributed by atoms with Crippen LogP contribution in [0.2, 0.25) is 5.02 Å². The summed E-state index contributed by atoms with van der Waals surface area (Å²) in [6.45, 7) is 0.0261. The van der Waals surface area contributed by atoms with Gasteiger partial charge in [0.25, 0.3) is 11.1 Å². The number of benzene rings is 2. The third kappa shape index (κ3) is 4.43. The van der Waals surface area contributed by atoms with Gasteiger partial charge in [0, 0.05) is 24.8 Å². The summed E-state index contributed by atoms with van der Waals surface area (Å²) < 4.78 is 5.27. The van der Waals surface area contributed by atoms with Crippen LogP contribution >= 0.6 is 23.4 Å². The molecule has 0 atom stereocenters. The number of hydrogen-bond donors (Lipinski definition) is 1. The van der Waals surface area contributed by atoms with Gasteiger partial charge in [0.2, 0.25) is 0 Å². The number of halogens is 1. The number of hydrogen-bond acceptors (Lipinski definition) is 6. The third-order valence-electron chi connectivity index (χ3n) is 4.17. The highest BCUT2D eigenvalue weighted by atomic mass is 35.5. The Balaban J connectivity index is 1.72. The van der Waals surface area contributed by atoms with Gasteiger partial charge in [0.05, 0.1) is 24.4 Å². The molecule has 2 aromatic carbocycles. The van der Waals surface area contributed by atoms with Gasteiger partial charge in [0.1, 0.15) is 5.75 Å². The van der Waals surface area contributed by atoms with Crippen molar-refractivity contribution in [3.63, 3.8) is 0 Å².